The number of alkyl halides is 3. The van der Waals surface area contributed by atoms with Crippen LogP contribution in [0.15, 0.2) is 36.5 Å². The van der Waals surface area contributed by atoms with Crippen molar-refractivity contribution in [2.75, 3.05) is 0 Å². The third-order valence-electron chi connectivity index (χ3n) is 2.51. The molecule has 2 aromatic rings. The van der Waals surface area contributed by atoms with Gasteiger partial charge < -0.3 is 5.73 Å². The standard InChI is InChI=1S/C12H10F3N3S/c13-12(14,15)10-5-6-18(17-10)7-8-1-3-9(4-2-8)11(16)19/h1-6H,7H2,(H2,16,19). The lowest BCUT2D eigenvalue weighted by Gasteiger charge is -2.04. The van der Waals surface area contributed by atoms with Crippen molar-refractivity contribution < 1.29 is 13.2 Å². The fourth-order valence-electron chi connectivity index (χ4n) is 1.56. The summed E-state index contributed by atoms with van der Waals surface area (Å²) in [6, 6.07) is 7.91. The minimum Gasteiger partial charge on any atom is -0.389 e. The summed E-state index contributed by atoms with van der Waals surface area (Å²) in [6.07, 6.45) is -3.12. The van der Waals surface area contributed by atoms with Crippen LogP contribution in [0.2, 0.25) is 0 Å². The highest BCUT2D eigenvalue weighted by Crippen LogP contribution is 2.27. The smallest absolute Gasteiger partial charge is 0.389 e. The molecule has 0 spiro atoms. The van der Waals surface area contributed by atoms with Gasteiger partial charge in [-0.15, -0.1) is 0 Å². The van der Waals surface area contributed by atoms with E-state index in [-0.39, 0.29) is 11.5 Å². The van der Waals surface area contributed by atoms with Gasteiger partial charge >= 0.3 is 6.18 Å². The van der Waals surface area contributed by atoms with E-state index in [1.165, 1.54) is 10.9 Å². The van der Waals surface area contributed by atoms with Crippen LogP contribution in [0.4, 0.5) is 13.2 Å². The highest BCUT2D eigenvalue weighted by molar-refractivity contribution is 7.80. The summed E-state index contributed by atoms with van der Waals surface area (Å²) in [5, 5.41) is 3.48. The van der Waals surface area contributed by atoms with E-state index in [4.69, 9.17) is 18.0 Å². The topological polar surface area (TPSA) is 43.8 Å². The molecule has 7 heteroatoms. The first kappa shape index (κ1) is 13.5. The quantitative estimate of drug-likeness (QED) is 0.882. The van der Waals surface area contributed by atoms with E-state index < -0.39 is 11.9 Å². The number of nitrogens with zero attached hydrogens (tertiary/aromatic N) is 2. The highest BCUT2D eigenvalue weighted by atomic mass is 32.1. The molecule has 3 nitrogen and oxygen atoms in total. The molecule has 2 rings (SSSR count). The Bertz CT molecular complexity index is 587. The first-order valence-electron chi connectivity index (χ1n) is 5.35. The van der Waals surface area contributed by atoms with Crippen molar-refractivity contribution in [3.8, 4) is 0 Å². The van der Waals surface area contributed by atoms with Gasteiger partial charge in [0.15, 0.2) is 5.69 Å². The van der Waals surface area contributed by atoms with Crippen LogP contribution in [0.25, 0.3) is 0 Å². The van der Waals surface area contributed by atoms with Crippen LogP contribution in [-0.2, 0) is 12.7 Å². The molecule has 2 N–H and O–H groups in total. The molecule has 0 aliphatic carbocycles. The summed E-state index contributed by atoms with van der Waals surface area (Å²) >= 11 is 4.81. The zero-order valence-electron chi connectivity index (χ0n) is 9.69. The van der Waals surface area contributed by atoms with Crippen molar-refractivity contribution in [2.45, 2.75) is 12.7 Å². The van der Waals surface area contributed by atoms with Gasteiger partial charge in [0.2, 0.25) is 0 Å². The Morgan fingerprint density at radius 3 is 2.32 bits per heavy atom. The number of nitrogens with two attached hydrogens (primary N) is 1. The van der Waals surface area contributed by atoms with E-state index in [0.717, 1.165) is 17.2 Å². The van der Waals surface area contributed by atoms with Crippen molar-refractivity contribution in [1.82, 2.24) is 9.78 Å². The number of hydrogen-bond donors (Lipinski definition) is 1. The summed E-state index contributed by atoms with van der Waals surface area (Å²) in [6.45, 7) is 0.258. The van der Waals surface area contributed by atoms with E-state index in [0.29, 0.717) is 0 Å². The summed E-state index contributed by atoms with van der Waals surface area (Å²) in [5.41, 5.74) is 6.09. The zero-order valence-corrected chi connectivity index (χ0v) is 10.5. The van der Waals surface area contributed by atoms with Gasteiger partial charge in [-0.2, -0.15) is 18.3 Å². The van der Waals surface area contributed by atoms with Crippen molar-refractivity contribution in [3.05, 3.63) is 53.3 Å². The van der Waals surface area contributed by atoms with Crippen molar-refractivity contribution >= 4 is 17.2 Å². The average Bonchev–Trinajstić information content (AvgIpc) is 2.78. The summed E-state index contributed by atoms with van der Waals surface area (Å²) in [4.78, 5) is 0.282. The molecule has 0 saturated carbocycles. The molecule has 0 radical (unpaired) electrons. The van der Waals surface area contributed by atoms with Crippen LogP contribution in [0.5, 0.6) is 0 Å². The van der Waals surface area contributed by atoms with Gasteiger partial charge in [0, 0.05) is 11.8 Å². The Morgan fingerprint density at radius 1 is 1.21 bits per heavy atom. The number of rotatable bonds is 3. The lowest BCUT2D eigenvalue weighted by atomic mass is 10.1. The molecule has 0 aliphatic rings. The van der Waals surface area contributed by atoms with Crippen LogP contribution in [-0.4, -0.2) is 14.8 Å². The normalized spacial score (nSPS) is 11.5. The van der Waals surface area contributed by atoms with Gasteiger partial charge in [-0.3, -0.25) is 4.68 Å². The molecule has 0 fully saturated rings. The molecule has 1 aromatic carbocycles. The maximum atomic E-state index is 12.4. The van der Waals surface area contributed by atoms with Crippen LogP contribution in [0.3, 0.4) is 0 Å². The van der Waals surface area contributed by atoms with Crippen molar-refractivity contribution in [1.29, 1.82) is 0 Å². The van der Waals surface area contributed by atoms with E-state index in [1.54, 1.807) is 24.3 Å². The minimum atomic E-state index is -4.42. The third kappa shape index (κ3) is 3.31. The Hall–Kier alpha value is -1.89. The second-order valence-electron chi connectivity index (χ2n) is 3.96. The molecule has 1 heterocycles. The second-order valence-corrected chi connectivity index (χ2v) is 4.40. The third-order valence-corrected chi connectivity index (χ3v) is 2.75. The number of benzene rings is 1. The zero-order chi connectivity index (χ0) is 14.0. The molecule has 0 aliphatic heterocycles. The van der Waals surface area contributed by atoms with Gasteiger partial charge in [0.05, 0.1) is 6.54 Å². The van der Waals surface area contributed by atoms with Gasteiger partial charge in [-0.25, -0.2) is 0 Å². The molecule has 19 heavy (non-hydrogen) atoms. The van der Waals surface area contributed by atoms with Crippen LogP contribution in [0, 0.1) is 0 Å². The van der Waals surface area contributed by atoms with E-state index >= 15 is 0 Å². The summed E-state index contributed by atoms with van der Waals surface area (Å²) in [5.74, 6) is 0. The number of aromatic nitrogens is 2. The van der Waals surface area contributed by atoms with E-state index in [2.05, 4.69) is 5.10 Å². The molecule has 0 amide bonds. The first-order valence-corrected chi connectivity index (χ1v) is 5.76. The van der Waals surface area contributed by atoms with Crippen molar-refractivity contribution in [2.24, 2.45) is 5.73 Å². The lowest BCUT2D eigenvalue weighted by Crippen LogP contribution is -2.10. The van der Waals surface area contributed by atoms with Crippen molar-refractivity contribution in [3.63, 3.8) is 0 Å². The van der Waals surface area contributed by atoms with Crippen LogP contribution >= 0.6 is 12.2 Å². The lowest BCUT2D eigenvalue weighted by molar-refractivity contribution is -0.141. The largest absolute Gasteiger partial charge is 0.435 e. The SMILES string of the molecule is NC(=S)c1ccc(Cn2ccc(C(F)(F)F)n2)cc1. The number of hydrogen-bond acceptors (Lipinski definition) is 2. The molecule has 1 aromatic heterocycles. The maximum absolute atomic E-state index is 12.4. The van der Waals surface area contributed by atoms with Gasteiger partial charge in [-0.05, 0) is 11.6 Å². The maximum Gasteiger partial charge on any atom is 0.435 e. The fraction of sp³-hybridized carbons (Fsp3) is 0.167. The number of halogens is 3. The highest BCUT2D eigenvalue weighted by Gasteiger charge is 2.33. The summed E-state index contributed by atoms with van der Waals surface area (Å²) in [7, 11) is 0. The Balaban J connectivity index is 2.13. The molecule has 0 bridgehead atoms. The van der Waals surface area contributed by atoms with Crippen LogP contribution in [0.1, 0.15) is 16.8 Å². The number of thiocarbonyl (C=S) groups is 1. The predicted molar refractivity (Wildman–Crippen MR) is 68.7 cm³/mol. The molecule has 100 valence electrons. The Kier molecular flexibility index (Phi) is 3.57. The molecule has 0 saturated heterocycles. The average molecular weight is 285 g/mol. The van der Waals surface area contributed by atoms with E-state index in [9.17, 15) is 13.2 Å². The molecule has 0 atom stereocenters. The molecular weight excluding hydrogens is 275 g/mol. The Morgan fingerprint density at radius 2 is 1.84 bits per heavy atom. The van der Waals surface area contributed by atoms with Gasteiger partial charge in [-0.1, -0.05) is 36.5 Å². The minimum absolute atomic E-state index is 0.258. The van der Waals surface area contributed by atoms with Gasteiger partial charge in [0.25, 0.3) is 0 Å². The summed E-state index contributed by atoms with van der Waals surface area (Å²) < 4.78 is 38.4. The Labute approximate surface area is 112 Å². The monoisotopic (exact) mass is 285 g/mol. The van der Waals surface area contributed by atoms with E-state index in [1.807, 2.05) is 0 Å². The first-order chi connectivity index (χ1) is 8.86. The molecular formula is C12H10F3N3S. The predicted octanol–water partition coefficient (Wildman–Crippen LogP) is 2.58. The second kappa shape index (κ2) is 5.00. The van der Waals surface area contributed by atoms with Crippen LogP contribution < -0.4 is 5.73 Å². The molecule has 0 unspecified atom stereocenters. The van der Waals surface area contributed by atoms with Gasteiger partial charge in [0.1, 0.15) is 4.99 Å². The fourth-order valence-corrected chi connectivity index (χ4v) is 1.70.